The average molecular weight is 179 g/mol. The molecule has 0 saturated carbocycles. The molecule has 1 aromatic rings. The maximum Gasteiger partial charge on any atom is 0.119 e. The fourth-order valence-corrected chi connectivity index (χ4v) is 1.69. The van der Waals surface area contributed by atoms with Crippen LogP contribution in [0.1, 0.15) is 17.2 Å². The van der Waals surface area contributed by atoms with E-state index in [-0.39, 0.29) is 12.6 Å². The van der Waals surface area contributed by atoms with Crippen LogP contribution in [0.25, 0.3) is 0 Å². The van der Waals surface area contributed by atoms with E-state index in [2.05, 4.69) is 5.32 Å². The van der Waals surface area contributed by atoms with Crippen molar-refractivity contribution in [1.29, 1.82) is 0 Å². The summed E-state index contributed by atoms with van der Waals surface area (Å²) in [6.07, 6.45) is 0. The molecule has 0 unspecified atom stereocenters. The monoisotopic (exact) mass is 179 g/mol. The summed E-state index contributed by atoms with van der Waals surface area (Å²) in [6.45, 7) is 0.977. The highest BCUT2D eigenvalue weighted by Crippen LogP contribution is 2.28. The van der Waals surface area contributed by atoms with Gasteiger partial charge in [0.15, 0.2) is 0 Å². The van der Waals surface area contributed by atoms with E-state index in [1.165, 1.54) is 5.56 Å². The van der Waals surface area contributed by atoms with Crippen LogP contribution >= 0.6 is 0 Å². The molecular formula is C10H13NO2. The van der Waals surface area contributed by atoms with Crippen LogP contribution in [-0.2, 0) is 6.54 Å². The molecular weight excluding hydrogens is 166 g/mol. The van der Waals surface area contributed by atoms with Crippen LogP contribution in [0.4, 0.5) is 0 Å². The number of ether oxygens (including phenoxy) is 1. The molecule has 3 heteroatoms. The minimum absolute atomic E-state index is 0.0742. The molecule has 2 rings (SSSR count). The molecule has 13 heavy (non-hydrogen) atoms. The highest BCUT2D eigenvalue weighted by atomic mass is 16.5. The van der Waals surface area contributed by atoms with Crippen molar-refractivity contribution in [2.24, 2.45) is 0 Å². The number of aliphatic hydroxyl groups is 1. The molecule has 1 heterocycles. The van der Waals surface area contributed by atoms with Crippen molar-refractivity contribution in [2.45, 2.75) is 12.6 Å². The van der Waals surface area contributed by atoms with Crippen molar-refractivity contribution >= 4 is 0 Å². The number of aliphatic hydroxyl groups excluding tert-OH is 1. The zero-order chi connectivity index (χ0) is 9.26. The first-order valence-corrected chi connectivity index (χ1v) is 4.36. The lowest BCUT2D eigenvalue weighted by Gasteiger charge is -2.08. The summed E-state index contributed by atoms with van der Waals surface area (Å²) in [4.78, 5) is 0. The van der Waals surface area contributed by atoms with Gasteiger partial charge < -0.3 is 15.2 Å². The Hall–Kier alpha value is -1.06. The predicted molar refractivity (Wildman–Crippen MR) is 49.7 cm³/mol. The smallest absolute Gasteiger partial charge is 0.119 e. The van der Waals surface area contributed by atoms with Crippen LogP contribution < -0.4 is 10.1 Å². The predicted octanol–water partition coefficient (Wildman–Crippen LogP) is 0.832. The van der Waals surface area contributed by atoms with Crippen LogP contribution in [-0.4, -0.2) is 18.8 Å². The maximum atomic E-state index is 9.07. The average Bonchev–Trinajstić information content (AvgIpc) is 2.59. The molecule has 70 valence electrons. The molecule has 0 radical (unpaired) electrons. The van der Waals surface area contributed by atoms with E-state index in [9.17, 15) is 0 Å². The van der Waals surface area contributed by atoms with Gasteiger partial charge in [-0.1, -0.05) is 6.07 Å². The van der Waals surface area contributed by atoms with Crippen LogP contribution in [0.5, 0.6) is 5.75 Å². The summed E-state index contributed by atoms with van der Waals surface area (Å²) in [5.41, 5.74) is 2.40. The molecule has 0 bridgehead atoms. The second-order valence-corrected chi connectivity index (χ2v) is 3.18. The zero-order valence-electron chi connectivity index (χ0n) is 7.58. The SMILES string of the molecule is COc1ccc2c(c1)[C@H](CO)NC2. The number of rotatable bonds is 2. The minimum atomic E-state index is 0.0742. The molecule has 0 fully saturated rings. The summed E-state index contributed by atoms with van der Waals surface area (Å²) in [6, 6.07) is 6.04. The number of benzene rings is 1. The molecule has 1 aliphatic rings. The first-order valence-electron chi connectivity index (χ1n) is 4.36. The minimum Gasteiger partial charge on any atom is -0.497 e. The second-order valence-electron chi connectivity index (χ2n) is 3.18. The fourth-order valence-electron chi connectivity index (χ4n) is 1.69. The normalized spacial score (nSPS) is 20.0. The maximum absolute atomic E-state index is 9.07. The standard InChI is InChI=1S/C10H13NO2/c1-13-8-3-2-7-5-11-10(6-12)9(7)4-8/h2-4,10-12H,5-6H2,1H3/t10-/m0/s1. The second kappa shape index (κ2) is 3.36. The van der Waals surface area contributed by atoms with Crippen LogP contribution in [0.3, 0.4) is 0 Å². The Morgan fingerprint density at radius 2 is 2.46 bits per heavy atom. The lowest BCUT2D eigenvalue weighted by atomic mass is 10.1. The summed E-state index contributed by atoms with van der Waals surface area (Å²) in [5, 5.41) is 12.3. The van der Waals surface area contributed by atoms with E-state index in [1.807, 2.05) is 18.2 Å². The van der Waals surface area contributed by atoms with E-state index < -0.39 is 0 Å². The Morgan fingerprint density at radius 3 is 3.15 bits per heavy atom. The Balaban J connectivity index is 2.37. The molecule has 0 aliphatic carbocycles. The number of hydrogen-bond donors (Lipinski definition) is 2. The van der Waals surface area contributed by atoms with Crippen LogP contribution in [0, 0.1) is 0 Å². The van der Waals surface area contributed by atoms with E-state index in [0.717, 1.165) is 17.9 Å². The number of nitrogens with one attached hydrogen (secondary N) is 1. The van der Waals surface area contributed by atoms with Crippen molar-refractivity contribution in [3.63, 3.8) is 0 Å². The summed E-state index contributed by atoms with van der Waals surface area (Å²) in [5.74, 6) is 0.848. The topological polar surface area (TPSA) is 41.5 Å². The molecule has 1 atom stereocenters. The molecule has 0 spiro atoms. The summed E-state index contributed by atoms with van der Waals surface area (Å²) >= 11 is 0. The third-order valence-electron chi connectivity index (χ3n) is 2.45. The van der Waals surface area contributed by atoms with Gasteiger partial charge in [0.1, 0.15) is 5.75 Å². The van der Waals surface area contributed by atoms with E-state index >= 15 is 0 Å². The van der Waals surface area contributed by atoms with Gasteiger partial charge in [0.2, 0.25) is 0 Å². The van der Waals surface area contributed by atoms with Gasteiger partial charge in [-0.3, -0.25) is 0 Å². The molecule has 3 nitrogen and oxygen atoms in total. The molecule has 1 aromatic carbocycles. The Labute approximate surface area is 77.3 Å². The van der Waals surface area contributed by atoms with Crippen molar-refractivity contribution < 1.29 is 9.84 Å². The highest BCUT2D eigenvalue weighted by Gasteiger charge is 2.20. The van der Waals surface area contributed by atoms with Crippen molar-refractivity contribution in [3.8, 4) is 5.75 Å². The first-order chi connectivity index (χ1) is 6.35. The van der Waals surface area contributed by atoms with Gasteiger partial charge in [0.25, 0.3) is 0 Å². The quantitative estimate of drug-likeness (QED) is 0.706. The lowest BCUT2D eigenvalue weighted by Crippen LogP contribution is -2.15. The number of methoxy groups -OCH3 is 1. The molecule has 0 amide bonds. The largest absolute Gasteiger partial charge is 0.497 e. The molecule has 2 N–H and O–H groups in total. The Bertz CT molecular complexity index is 312. The van der Waals surface area contributed by atoms with E-state index in [0.29, 0.717) is 0 Å². The lowest BCUT2D eigenvalue weighted by molar-refractivity contribution is 0.251. The van der Waals surface area contributed by atoms with Crippen LogP contribution in [0.15, 0.2) is 18.2 Å². The third-order valence-corrected chi connectivity index (χ3v) is 2.45. The number of fused-ring (bicyclic) bond motifs is 1. The highest BCUT2D eigenvalue weighted by molar-refractivity contribution is 5.40. The van der Waals surface area contributed by atoms with E-state index in [1.54, 1.807) is 7.11 Å². The first kappa shape index (κ1) is 8.53. The van der Waals surface area contributed by atoms with Gasteiger partial charge in [-0.05, 0) is 23.3 Å². The number of hydrogen-bond acceptors (Lipinski definition) is 3. The van der Waals surface area contributed by atoms with Gasteiger partial charge in [-0.2, -0.15) is 0 Å². The van der Waals surface area contributed by atoms with Crippen molar-refractivity contribution in [1.82, 2.24) is 5.32 Å². The summed E-state index contributed by atoms with van der Waals surface area (Å²) < 4.78 is 5.12. The van der Waals surface area contributed by atoms with Gasteiger partial charge >= 0.3 is 0 Å². The van der Waals surface area contributed by atoms with Gasteiger partial charge in [0.05, 0.1) is 19.8 Å². The third kappa shape index (κ3) is 1.41. The van der Waals surface area contributed by atoms with Crippen molar-refractivity contribution in [3.05, 3.63) is 29.3 Å². The summed E-state index contributed by atoms with van der Waals surface area (Å²) in [7, 11) is 1.65. The Kier molecular flexibility index (Phi) is 2.20. The van der Waals surface area contributed by atoms with Gasteiger partial charge in [-0.15, -0.1) is 0 Å². The van der Waals surface area contributed by atoms with Gasteiger partial charge in [-0.25, -0.2) is 0 Å². The van der Waals surface area contributed by atoms with Crippen molar-refractivity contribution in [2.75, 3.05) is 13.7 Å². The Morgan fingerprint density at radius 1 is 1.62 bits per heavy atom. The molecule has 0 aromatic heterocycles. The molecule has 0 saturated heterocycles. The zero-order valence-corrected chi connectivity index (χ0v) is 7.58. The van der Waals surface area contributed by atoms with Gasteiger partial charge in [0, 0.05) is 6.54 Å². The fraction of sp³-hybridized carbons (Fsp3) is 0.400. The molecule has 1 aliphatic heterocycles. The van der Waals surface area contributed by atoms with Crippen LogP contribution in [0.2, 0.25) is 0 Å². The van der Waals surface area contributed by atoms with E-state index in [4.69, 9.17) is 9.84 Å².